The summed E-state index contributed by atoms with van der Waals surface area (Å²) in [6.45, 7) is 9.53. The van der Waals surface area contributed by atoms with Gasteiger partial charge in [-0.15, -0.1) is 24.0 Å². The van der Waals surface area contributed by atoms with Crippen LogP contribution in [-0.2, 0) is 6.54 Å². The third kappa shape index (κ3) is 7.40. The van der Waals surface area contributed by atoms with Gasteiger partial charge in [-0.2, -0.15) is 0 Å². The lowest BCUT2D eigenvalue weighted by atomic mass is 10.0. The maximum absolute atomic E-state index is 5.46. The number of nitrogens with one attached hydrogen (secondary N) is 2. The van der Waals surface area contributed by atoms with E-state index in [9.17, 15) is 0 Å². The van der Waals surface area contributed by atoms with Crippen molar-refractivity contribution in [3.05, 3.63) is 29.3 Å². The van der Waals surface area contributed by atoms with Gasteiger partial charge < -0.3 is 20.3 Å². The second kappa shape index (κ2) is 11.6. The van der Waals surface area contributed by atoms with Crippen LogP contribution in [0, 0.1) is 12.8 Å². The van der Waals surface area contributed by atoms with Gasteiger partial charge in [-0.1, -0.05) is 19.1 Å². The number of piperidine rings is 1. The average molecular weight is 460 g/mol. The summed E-state index contributed by atoms with van der Waals surface area (Å²) in [6.07, 6.45) is 2.69. The van der Waals surface area contributed by atoms with E-state index < -0.39 is 0 Å². The molecule has 0 saturated carbocycles. The smallest absolute Gasteiger partial charge is 0.191 e. The number of likely N-dealkylation sites (tertiary alicyclic amines) is 1. The monoisotopic (exact) mass is 460 g/mol. The van der Waals surface area contributed by atoms with E-state index in [0.717, 1.165) is 36.3 Å². The van der Waals surface area contributed by atoms with Crippen LogP contribution in [0.3, 0.4) is 0 Å². The Hall–Kier alpha value is -1.02. The normalized spacial score (nSPS) is 18.4. The zero-order valence-electron chi connectivity index (χ0n) is 16.0. The number of guanidine groups is 1. The molecule has 2 N–H and O–H groups in total. The summed E-state index contributed by atoms with van der Waals surface area (Å²) in [7, 11) is 3.52. The van der Waals surface area contributed by atoms with E-state index in [4.69, 9.17) is 4.74 Å². The predicted molar refractivity (Wildman–Crippen MR) is 116 cm³/mol. The molecule has 0 radical (unpaired) electrons. The van der Waals surface area contributed by atoms with Crippen molar-refractivity contribution in [2.24, 2.45) is 10.9 Å². The molecule has 2 rings (SSSR count). The summed E-state index contributed by atoms with van der Waals surface area (Å²) < 4.78 is 5.46. The molecule has 1 aliphatic rings. The molecule has 5 nitrogen and oxygen atoms in total. The average Bonchev–Trinajstić information content (AvgIpc) is 2.58. The van der Waals surface area contributed by atoms with Gasteiger partial charge in [0.05, 0.1) is 7.11 Å². The number of ether oxygens (including phenoxy) is 1. The minimum absolute atomic E-state index is 0. The SMILES string of the molecule is CN=C(NCCN1CCCC(C)C1)NCc1ccc(C)cc1OC.I. The number of aliphatic imine (C=N–C) groups is 1. The largest absolute Gasteiger partial charge is 0.496 e. The Balaban J connectivity index is 0.00000312. The Labute approximate surface area is 169 Å². The number of rotatable bonds is 6. The van der Waals surface area contributed by atoms with Crippen LogP contribution in [0.5, 0.6) is 5.75 Å². The highest BCUT2D eigenvalue weighted by Gasteiger charge is 2.15. The third-order valence-electron chi connectivity index (χ3n) is 4.57. The first kappa shape index (κ1) is 22.0. The van der Waals surface area contributed by atoms with E-state index in [1.165, 1.54) is 31.5 Å². The minimum Gasteiger partial charge on any atom is -0.496 e. The topological polar surface area (TPSA) is 48.9 Å². The van der Waals surface area contributed by atoms with Crippen LogP contribution in [0.1, 0.15) is 30.9 Å². The number of hydrogen-bond donors (Lipinski definition) is 2. The summed E-state index contributed by atoms with van der Waals surface area (Å²) in [5.41, 5.74) is 2.34. The Morgan fingerprint density at radius 3 is 2.84 bits per heavy atom. The van der Waals surface area contributed by atoms with E-state index >= 15 is 0 Å². The van der Waals surface area contributed by atoms with Crippen LogP contribution in [0.4, 0.5) is 0 Å². The third-order valence-corrected chi connectivity index (χ3v) is 4.57. The second-order valence-corrected chi connectivity index (χ2v) is 6.72. The Morgan fingerprint density at radius 1 is 1.36 bits per heavy atom. The summed E-state index contributed by atoms with van der Waals surface area (Å²) in [4.78, 5) is 6.85. The van der Waals surface area contributed by atoms with E-state index in [1.54, 1.807) is 7.11 Å². The Kier molecular flexibility index (Phi) is 10.2. The van der Waals surface area contributed by atoms with E-state index in [-0.39, 0.29) is 24.0 Å². The zero-order valence-corrected chi connectivity index (χ0v) is 18.3. The Bertz CT molecular complexity index is 550. The molecule has 0 bridgehead atoms. The molecule has 1 unspecified atom stereocenters. The molecule has 0 aliphatic carbocycles. The lowest BCUT2D eigenvalue weighted by Gasteiger charge is -2.30. The van der Waals surface area contributed by atoms with Crippen LogP contribution >= 0.6 is 24.0 Å². The number of nitrogens with zero attached hydrogens (tertiary/aromatic N) is 2. The van der Waals surface area contributed by atoms with Gasteiger partial charge in [0, 0.05) is 38.8 Å². The number of benzene rings is 1. The van der Waals surface area contributed by atoms with Crippen LogP contribution in [-0.4, -0.2) is 51.2 Å². The van der Waals surface area contributed by atoms with Crippen LogP contribution in [0.2, 0.25) is 0 Å². The van der Waals surface area contributed by atoms with E-state index in [2.05, 4.69) is 52.6 Å². The van der Waals surface area contributed by atoms with Crippen LogP contribution < -0.4 is 15.4 Å². The molecule has 1 saturated heterocycles. The molecule has 0 amide bonds. The summed E-state index contributed by atoms with van der Waals surface area (Å²) >= 11 is 0. The molecule has 25 heavy (non-hydrogen) atoms. The van der Waals surface area contributed by atoms with Gasteiger partial charge >= 0.3 is 0 Å². The first-order valence-corrected chi connectivity index (χ1v) is 8.92. The van der Waals surface area contributed by atoms with E-state index in [1.807, 2.05) is 7.05 Å². The van der Waals surface area contributed by atoms with Crippen molar-refractivity contribution < 1.29 is 4.74 Å². The fourth-order valence-corrected chi connectivity index (χ4v) is 3.22. The van der Waals surface area contributed by atoms with Crippen molar-refractivity contribution in [2.45, 2.75) is 33.2 Å². The van der Waals surface area contributed by atoms with Gasteiger partial charge in [0.15, 0.2) is 5.96 Å². The predicted octanol–water partition coefficient (Wildman–Crippen LogP) is 3.02. The molecule has 1 aromatic rings. The van der Waals surface area contributed by atoms with Gasteiger partial charge in [0.1, 0.15) is 5.75 Å². The van der Waals surface area contributed by atoms with Gasteiger partial charge in [-0.05, 0) is 43.9 Å². The van der Waals surface area contributed by atoms with Gasteiger partial charge in [-0.25, -0.2) is 0 Å². The molecular formula is C19H33IN4O. The van der Waals surface area contributed by atoms with Crippen molar-refractivity contribution in [3.8, 4) is 5.75 Å². The van der Waals surface area contributed by atoms with Crippen LogP contribution in [0.25, 0.3) is 0 Å². The lowest BCUT2D eigenvalue weighted by molar-refractivity contribution is 0.187. The molecule has 1 aliphatic heterocycles. The van der Waals surface area contributed by atoms with E-state index in [0.29, 0.717) is 6.54 Å². The van der Waals surface area contributed by atoms with Crippen molar-refractivity contribution in [2.75, 3.05) is 40.3 Å². The van der Waals surface area contributed by atoms with Gasteiger partial charge in [-0.3, -0.25) is 4.99 Å². The first-order chi connectivity index (χ1) is 11.6. The first-order valence-electron chi connectivity index (χ1n) is 8.92. The maximum atomic E-state index is 5.46. The molecule has 0 spiro atoms. The van der Waals surface area contributed by atoms with Crippen molar-refractivity contribution in [1.29, 1.82) is 0 Å². The van der Waals surface area contributed by atoms with Crippen molar-refractivity contribution in [1.82, 2.24) is 15.5 Å². The second-order valence-electron chi connectivity index (χ2n) is 6.72. The summed E-state index contributed by atoms with van der Waals surface area (Å²) in [5, 5.41) is 6.77. The summed E-state index contributed by atoms with van der Waals surface area (Å²) in [5.74, 6) is 2.58. The molecule has 6 heteroatoms. The summed E-state index contributed by atoms with van der Waals surface area (Å²) in [6, 6.07) is 6.27. The lowest BCUT2D eigenvalue weighted by Crippen LogP contribution is -2.43. The highest BCUT2D eigenvalue weighted by atomic mass is 127. The van der Waals surface area contributed by atoms with Gasteiger partial charge in [0.2, 0.25) is 0 Å². The minimum atomic E-state index is 0. The molecule has 142 valence electrons. The number of methoxy groups -OCH3 is 1. The van der Waals surface area contributed by atoms with Crippen molar-refractivity contribution >= 4 is 29.9 Å². The Morgan fingerprint density at radius 2 is 2.16 bits per heavy atom. The fraction of sp³-hybridized carbons (Fsp3) is 0.632. The molecular weight excluding hydrogens is 427 g/mol. The molecule has 1 fully saturated rings. The number of hydrogen-bond acceptors (Lipinski definition) is 3. The molecule has 0 aromatic heterocycles. The van der Waals surface area contributed by atoms with Crippen molar-refractivity contribution in [3.63, 3.8) is 0 Å². The number of aryl methyl sites for hydroxylation is 1. The van der Waals surface area contributed by atoms with Gasteiger partial charge in [0.25, 0.3) is 0 Å². The number of halogens is 1. The molecule has 1 heterocycles. The zero-order chi connectivity index (χ0) is 17.4. The standard InChI is InChI=1S/C19H32N4O.HI/c1-15-7-8-17(18(12-15)24-4)13-22-19(20-3)21-9-11-23-10-5-6-16(2)14-23;/h7-8,12,16H,5-6,9-11,13-14H2,1-4H3,(H2,20,21,22);1H. The fourth-order valence-electron chi connectivity index (χ4n) is 3.22. The van der Waals surface area contributed by atoms with Crippen LogP contribution in [0.15, 0.2) is 23.2 Å². The quantitative estimate of drug-likeness (QED) is 0.390. The molecule has 1 aromatic carbocycles. The maximum Gasteiger partial charge on any atom is 0.191 e. The molecule has 1 atom stereocenters. The highest BCUT2D eigenvalue weighted by molar-refractivity contribution is 14.0. The highest BCUT2D eigenvalue weighted by Crippen LogP contribution is 2.19.